The molecule has 0 spiro atoms. The average Bonchev–Trinajstić information content (AvgIpc) is 2.74. The lowest BCUT2D eigenvalue weighted by atomic mass is 10.3. The van der Waals surface area contributed by atoms with E-state index in [0.29, 0.717) is 84.7 Å². The van der Waals surface area contributed by atoms with Crippen molar-refractivity contribution in [3.05, 3.63) is 11.4 Å². The summed E-state index contributed by atoms with van der Waals surface area (Å²) in [5, 5.41) is 4.57. The predicted octanol–water partition coefficient (Wildman–Crippen LogP) is -1.63. The van der Waals surface area contributed by atoms with Crippen molar-refractivity contribution in [3.8, 4) is 0 Å². The molecule has 0 aliphatic carbocycles. The van der Waals surface area contributed by atoms with Crippen LogP contribution in [0.3, 0.4) is 0 Å². The Morgan fingerprint density at radius 3 is 1.94 bits per heavy atom. The summed E-state index contributed by atoms with van der Waals surface area (Å²) >= 11 is 0. The minimum atomic E-state index is -2.89. The van der Waals surface area contributed by atoms with Gasteiger partial charge in [0.1, 0.15) is 0 Å². The van der Waals surface area contributed by atoms with Gasteiger partial charge < -0.3 is 35.0 Å². The zero-order valence-corrected chi connectivity index (χ0v) is 19.8. The number of allylic oxidation sites excluding steroid dienone is 1. The first kappa shape index (κ1) is 28.0. The van der Waals surface area contributed by atoms with Crippen LogP contribution < -0.4 is 16.9 Å². The highest BCUT2D eigenvalue weighted by atomic mass is 32.2. The number of hydrazine groups is 1. The van der Waals surface area contributed by atoms with Crippen LogP contribution in [0.25, 0.3) is 0 Å². The Morgan fingerprint density at radius 1 is 0.935 bits per heavy atom. The van der Waals surface area contributed by atoms with E-state index in [0.717, 1.165) is 12.2 Å². The van der Waals surface area contributed by atoms with Crippen molar-refractivity contribution >= 4 is 9.84 Å². The third kappa shape index (κ3) is 13.9. The molecule has 0 amide bonds. The summed E-state index contributed by atoms with van der Waals surface area (Å²) in [7, 11) is -1.01. The normalized spacial score (nSPS) is 17.5. The molecule has 0 aromatic rings. The molecule has 0 bridgehead atoms. The molecule has 0 saturated carbocycles. The minimum absolute atomic E-state index is 0.180. The lowest BCUT2D eigenvalue weighted by Crippen LogP contribution is -2.43. The second-order valence-corrected chi connectivity index (χ2v) is 9.59. The summed E-state index contributed by atoms with van der Waals surface area (Å²) in [5.74, 6) is 6.41. The van der Waals surface area contributed by atoms with E-state index in [1.165, 1.54) is 0 Å². The lowest BCUT2D eigenvalue weighted by molar-refractivity contribution is -0.00281. The molecule has 12 heteroatoms. The first-order chi connectivity index (χ1) is 14.9. The number of nitrogens with two attached hydrogens (primary N) is 2. The summed E-state index contributed by atoms with van der Waals surface area (Å²) in [6.07, 6.45) is 0. The molecule has 0 atom stereocenters. The summed E-state index contributed by atoms with van der Waals surface area (Å²) < 4.78 is 44.7. The van der Waals surface area contributed by atoms with Crippen LogP contribution in [0.1, 0.15) is 6.92 Å². The molecular formula is C19H41N5O6S. The van der Waals surface area contributed by atoms with Gasteiger partial charge in [-0.2, -0.15) is 0 Å². The van der Waals surface area contributed by atoms with Gasteiger partial charge in [-0.3, -0.25) is 4.90 Å². The van der Waals surface area contributed by atoms with Crippen molar-refractivity contribution in [2.45, 2.75) is 6.92 Å². The highest BCUT2D eigenvalue weighted by molar-refractivity contribution is 7.91. The van der Waals surface area contributed by atoms with Gasteiger partial charge in [-0.05, 0) is 14.0 Å². The molecular weight excluding hydrogens is 426 g/mol. The molecule has 184 valence electrons. The second kappa shape index (κ2) is 16.6. The van der Waals surface area contributed by atoms with Gasteiger partial charge in [-0.1, -0.05) is 0 Å². The Hall–Kier alpha value is -0.990. The Morgan fingerprint density at radius 2 is 1.42 bits per heavy atom. The van der Waals surface area contributed by atoms with Gasteiger partial charge in [0.25, 0.3) is 0 Å². The highest BCUT2D eigenvalue weighted by Gasteiger charge is 2.22. The van der Waals surface area contributed by atoms with Crippen LogP contribution in [0.4, 0.5) is 0 Å². The first-order valence-corrected chi connectivity index (χ1v) is 12.5. The highest BCUT2D eigenvalue weighted by Crippen LogP contribution is 2.08. The summed E-state index contributed by atoms with van der Waals surface area (Å²) in [6.45, 7) is 8.96. The smallest absolute Gasteiger partial charge is 0.152 e. The molecule has 1 aliphatic rings. The maximum atomic E-state index is 11.5. The van der Waals surface area contributed by atoms with E-state index in [1.54, 1.807) is 5.01 Å². The molecule has 1 saturated heterocycles. The fourth-order valence-corrected chi connectivity index (χ4v) is 3.99. The van der Waals surface area contributed by atoms with Crippen molar-refractivity contribution in [3.63, 3.8) is 0 Å². The monoisotopic (exact) mass is 467 g/mol. The molecule has 0 aromatic carbocycles. The summed E-state index contributed by atoms with van der Waals surface area (Å²) in [4.78, 5) is 2.03. The van der Waals surface area contributed by atoms with Crippen molar-refractivity contribution in [2.75, 3.05) is 104 Å². The second-order valence-electron chi connectivity index (χ2n) is 7.29. The van der Waals surface area contributed by atoms with Gasteiger partial charge in [0, 0.05) is 37.6 Å². The predicted molar refractivity (Wildman–Crippen MR) is 120 cm³/mol. The number of nitrogens with zero attached hydrogens (tertiary/aromatic N) is 2. The zero-order valence-electron chi connectivity index (χ0n) is 19.0. The minimum Gasteiger partial charge on any atom is -0.400 e. The quantitative estimate of drug-likeness (QED) is 0.121. The number of nitrogens with one attached hydrogen (secondary N) is 1. The van der Waals surface area contributed by atoms with Crippen molar-refractivity contribution < 1.29 is 27.4 Å². The number of ether oxygens (including phenoxy) is 4. The lowest BCUT2D eigenvalue weighted by Gasteiger charge is -2.28. The fraction of sp³-hybridized carbons (Fsp3) is 0.895. The third-order valence-corrected chi connectivity index (χ3v) is 6.42. The number of hydrogen-bond acceptors (Lipinski definition) is 11. The number of likely N-dealkylation sites (N-methyl/N-ethyl adjacent to an activating group) is 1. The number of rotatable bonds is 18. The molecule has 1 rings (SSSR count). The van der Waals surface area contributed by atoms with Gasteiger partial charge >= 0.3 is 0 Å². The van der Waals surface area contributed by atoms with Crippen LogP contribution in [0, 0.1) is 0 Å². The van der Waals surface area contributed by atoms with E-state index in [1.807, 2.05) is 18.9 Å². The Kier molecular flexibility index (Phi) is 15.0. The van der Waals surface area contributed by atoms with Gasteiger partial charge in [-0.25, -0.2) is 14.3 Å². The van der Waals surface area contributed by atoms with Crippen molar-refractivity contribution in [1.82, 2.24) is 15.2 Å². The molecule has 5 N–H and O–H groups in total. The Balaban J connectivity index is 2.00. The van der Waals surface area contributed by atoms with E-state index < -0.39 is 9.84 Å². The molecule has 1 heterocycles. The van der Waals surface area contributed by atoms with E-state index in [4.69, 9.17) is 30.5 Å². The summed E-state index contributed by atoms with van der Waals surface area (Å²) in [5.41, 5.74) is 7.55. The molecule has 1 fully saturated rings. The van der Waals surface area contributed by atoms with Gasteiger partial charge in [0.05, 0.1) is 70.9 Å². The Labute approximate surface area is 186 Å². The maximum absolute atomic E-state index is 11.5. The largest absolute Gasteiger partial charge is 0.400 e. The third-order valence-electron chi connectivity index (χ3n) is 4.82. The average molecular weight is 468 g/mol. The molecule has 0 unspecified atom stereocenters. The first-order valence-electron chi connectivity index (χ1n) is 10.7. The topological polar surface area (TPSA) is 142 Å². The van der Waals surface area contributed by atoms with E-state index in [2.05, 4.69) is 5.32 Å². The van der Waals surface area contributed by atoms with Crippen molar-refractivity contribution in [2.24, 2.45) is 11.6 Å². The van der Waals surface area contributed by atoms with Crippen LogP contribution >= 0.6 is 0 Å². The maximum Gasteiger partial charge on any atom is 0.152 e. The molecule has 0 radical (unpaired) electrons. The van der Waals surface area contributed by atoms with Crippen LogP contribution in [-0.2, 0) is 28.8 Å². The molecule has 31 heavy (non-hydrogen) atoms. The van der Waals surface area contributed by atoms with Gasteiger partial charge in [-0.15, -0.1) is 0 Å². The van der Waals surface area contributed by atoms with Crippen LogP contribution in [0.2, 0.25) is 0 Å². The van der Waals surface area contributed by atoms with Crippen molar-refractivity contribution in [1.29, 1.82) is 0 Å². The fourth-order valence-electron chi connectivity index (χ4n) is 2.71. The van der Waals surface area contributed by atoms with Gasteiger partial charge in [0.15, 0.2) is 9.84 Å². The molecule has 11 nitrogen and oxygen atoms in total. The molecule has 0 aromatic heterocycles. The Bertz CT molecular complexity index is 591. The zero-order chi connectivity index (χ0) is 23.0. The number of hydrogen-bond donors (Lipinski definition) is 3. The molecule has 1 aliphatic heterocycles. The summed E-state index contributed by atoms with van der Waals surface area (Å²) in [6, 6.07) is 0. The van der Waals surface area contributed by atoms with Crippen LogP contribution in [-0.4, -0.2) is 122 Å². The standard InChI is InChI=1S/C19H41N5O6S/c1-18(19(20)17-23-5-15-31(25,26)16-6-23)24(21)4-8-28-10-12-30-14-13-29-11-9-27-7-3-22-2/h22H,3-17,20-21H2,1-2H3/b19-18-. The van der Waals surface area contributed by atoms with E-state index in [9.17, 15) is 8.42 Å². The van der Waals surface area contributed by atoms with E-state index in [-0.39, 0.29) is 11.5 Å². The van der Waals surface area contributed by atoms with Crippen LogP contribution in [0.15, 0.2) is 11.4 Å². The van der Waals surface area contributed by atoms with E-state index >= 15 is 0 Å². The van der Waals surface area contributed by atoms with Gasteiger partial charge in [0.2, 0.25) is 0 Å². The number of sulfone groups is 1. The SMILES string of the molecule is CNCCOCCOCCOCCOCCN(N)/C(C)=C(\N)CN1CCS(=O)(=O)CC1. The van der Waals surface area contributed by atoms with Crippen LogP contribution in [0.5, 0.6) is 0 Å².